The molecule has 1 aromatic carbocycles. The van der Waals surface area contributed by atoms with Gasteiger partial charge in [-0.25, -0.2) is 8.60 Å². The van der Waals surface area contributed by atoms with Crippen LogP contribution in [0.5, 0.6) is 0 Å². The van der Waals surface area contributed by atoms with Crippen molar-refractivity contribution in [3.8, 4) is 0 Å². The molecule has 13 heavy (non-hydrogen) atoms. The van der Waals surface area contributed by atoms with Crippen LogP contribution < -0.4 is 0 Å². The van der Waals surface area contributed by atoms with E-state index in [4.69, 9.17) is 0 Å². The summed E-state index contributed by atoms with van der Waals surface area (Å²) >= 11 is 0.431. The molecule has 1 atom stereocenters. The van der Waals surface area contributed by atoms with Crippen molar-refractivity contribution in [3.63, 3.8) is 0 Å². The summed E-state index contributed by atoms with van der Waals surface area (Å²) in [4.78, 5) is 0. The minimum absolute atomic E-state index is 0.0883. The molecular weight excluding hydrogens is 263 g/mol. The summed E-state index contributed by atoms with van der Waals surface area (Å²) in [5.74, 6) is -0.396. The highest BCUT2D eigenvalue weighted by Crippen LogP contribution is 2.17. The van der Waals surface area contributed by atoms with Crippen molar-refractivity contribution in [1.29, 1.82) is 0 Å². The molecule has 0 radical (unpaired) electrons. The maximum absolute atomic E-state index is 12.7. The van der Waals surface area contributed by atoms with Gasteiger partial charge in [-0.1, -0.05) is 6.07 Å². The zero-order valence-corrected chi connectivity index (χ0v) is 8.73. The van der Waals surface area contributed by atoms with E-state index in [0.717, 1.165) is 0 Å². The first-order valence-electron chi connectivity index (χ1n) is 3.26. The molecule has 0 aromatic heterocycles. The molecule has 0 aliphatic rings. The Kier molecular flexibility index (Phi) is 3.98. The summed E-state index contributed by atoms with van der Waals surface area (Å²) in [6.45, 7) is -0.0883. The molecule has 0 spiro atoms. The van der Waals surface area contributed by atoms with Gasteiger partial charge in [0.05, 0.1) is 22.4 Å². The third-order valence-corrected chi connectivity index (χ3v) is 2.22. The Bertz CT molecular complexity index is 332. The lowest BCUT2D eigenvalue weighted by Crippen LogP contribution is -1.96. The van der Waals surface area contributed by atoms with Crippen molar-refractivity contribution in [2.75, 3.05) is 0 Å². The molecule has 0 saturated heterocycles. The van der Waals surface area contributed by atoms with Crippen LogP contribution in [-0.2, 0) is 22.2 Å². The summed E-state index contributed by atoms with van der Waals surface area (Å²) in [6.07, 6.45) is 0. The van der Waals surface area contributed by atoms with Crippen LogP contribution in [0.2, 0.25) is 0 Å². The summed E-state index contributed by atoms with van der Waals surface area (Å²) in [5, 5.41) is 0. The van der Waals surface area contributed by atoms with Crippen LogP contribution in [0.15, 0.2) is 22.7 Å². The maximum atomic E-state index is 12.7. The molecule has 0 aliphatic carbocycles. The van der Waals surface area contributed by atoms with Gasteiger partial charge in [-0.3, -0.25) is 4.18 Å². The Balaban J connectivity index is 2.68. The lowest BCUT2D eigenvalue weighted by Gasteiger charge is -2.05. The van der Waals surface area contributed by atoms with Crippen LogP contribution in [0.25, 0.3) is 0 Å². The molecule has 0 amide bonds. The predicted molar refractivity (Wildman–Crippen MR) is 47.8 cm³/mol. The minimum atomic E-state index is -2.54. The van der Waals surface area contributed by atoms with Gasteiger partial charge in [-0.15, -0.1) is 0 Å². The largest absolute Gasteiger partial charge is 0.750 e. The quantitative estimate of drug-likeness (QED) is 0.786. The lowest BCUT2D eigenvalue weighted by atomic mass is 10.2. The fourth-order valence-corrected chi connectivity index (χ4v) is 1.40. The van der Waals surface area contributed by atoms with E-state index in [-0.39, 0.29) is 11.1 Å². The van der Waals surface area contributed by atoms with Crippen LogP contribution in [0.1, 0.15) is 5.56 Å². The number of halogens is 2. The molecular formula is C7H5BrFO3S-. The van der Waals surface area contributed by atoms with Gasteiger partial charge in [-0.2, -0.15) is 0 Å². The van der Waals surface area contributed by atoms with E-state index in [1.807, 2.05) is 0 Å². The zero-order chi connectivity index (χ0) is 9.84. The molecule has 0 heterocycles. The highest BCUT2D eigenvalue weighted by atomic mass is 79.9. The van der Waals surface area contributed by atoms with Gasteiger partial charge in [0, 0.05) is 0 Å². The van der Waals surface area contributed by atoms with Gasteiger partial charge >= 0.3 is 0 Å². The van der Waals surface area contributed by atoms with E-state index in [1.165, 1.54) is 18.2 Å². The zero-order valence-electron chi connectivity index (χ0n) is 6.33. The van der Waals surface area contributed by atoms with E-state index in [0.29, 0.717) is 5.56 Å². The van der Waals surface area contributed by atoms with Crippen LogP contribution in [0.4, 0.5) is 4.39 Å². The molecule has 1 aromatic rings. The van der Waals surface area contributed by atoms with Crippen molar-refractivity contribution < 1.29 is 17.3 Å². The highest BCUT2D eigenvalue weighted by molar-refractivity contribution is 9.10. The monoisotopic (exact) mass is 267 g/mol. The second-order valence-corrected chi connectivity index (χ2v) is 3.71. The smallest absolute Gasteiger partial charge is 0.137 e. The number of hydrogen-bond acceptors (Lipinski definition) is 3. The highest BCUT2D eigenvalue weighted by Gasteiger charge is 2.00. The molecule has 0 bridgehead atoms. The summed E-state index contributed by atoms with van der Waals surface area (Å²) < 4.78 is 37.3. The van der Waals surface area contributed by atoms with E-state index >= 15 is 0 Å². The van der Waals surface area contributed by atoms with Gasteiger partial charge in [0.25, 0.3) is 0 Å². The van der Waals surface area contributed by atoms with Gasteiger partial charge in [-0.05, 0) is 33.6 Å². The van der Waals surface area contributed by atoms with Crippen molar-refractivity contribution >= 4 is 27.3 Å². The molecule has 0 fully saturated rings. The number of benzene rings is 1. The standard InChI is InChI=1S/C7H6BrFO3S/c8-6-3-5(1-2-7(6)9)4-12-13(10)11/h1-3H,4H2,(H,10,11)/p-1. The minimum Gasteiger partial charge on any atom is -0.750 e. The first-order chi connectivity index (χ1) is 6.09. The van der Waals surface area contributed by atoms with Gasteiger partial charge in [0.2, 0.25) is 0 Å². The second kappa shape index (κ2) is 4.80. The van der Waals surface area contributed by atoms with Crippen molar-refractivity contribution in [1.82, 2.24) is 0 Å². The summed E-state index contributed by atoms with van der Waals surface area (Å²) in [7, 11) is 0. The molecule has 0 N–H and O–H groups in total. The summed E-state index contributed by atoms with van der Waals surface area (Å²) in [5.41, 5.74) is 0.581. The van der Waals surface area contributed by atoms with E-state index in [1.54, 1.807) is 0 Å². The third-order valence-electron chi connectivity index (χ3n) is 1.31. The van der Waals surface area contributed by atoms with Crippen molar-refractivity contribution in [2.45, 2.75) is 6.61 Å². The van der Waals surface area contributed by atoms with Crippen molar-refractivity contribution in [2.24, 2.45) is 0 Å². The van der Waals surface area contributed by atoms with Crippen LogP contribution in [-0.4, -0.2) is 8.76 Å². The van der Waals surface area contributed by atoms with Gasteiger partial charge in [0.15, 0.2) is 0 Å². The normalized spacial score (nSPS) is 12.8. The van der Waals surface area contributed by atoms with E-state index in [2.05, 4.69) is 20.1 Å². The Labute approximate surface area is 85.5 Å². The maximum Gasteiger partial charge on any atom is 0.137 e. The first-order valence-corrected chi connectivity index (χ1v) is 5.05. The molecule has 1 rings (SSSR count). The van der Waals surface area contributed by atoms with E-state index in [9.17, 15) is 13.2 Å². The Morgan fingerprint density at radius 2 is 2.31 bits per heavy atom. The first kappa shape index (κ1) is 10.8. The predicted octanol–water partition coefficient (Wildman–Crippen LogP) is 1.90. The van der Waals surface area contributed by atoms with Crippen molar-refractivity contribution in [3.05, 3.63) is 34.1 Å². The average Bonchev–Trinajstić information content (AvgIpc) is 2.07. The fourth-order valence-electron chi connectivity index (χ4n) is 0.746. The second-order valence-electron chi connectivity index (χ2n) is 2.21. The van der Waals surface area contributed by atoms with Crippen LogP contribution in [0.3, 0.4) is 0 Å². The van der Waals surface area contributed by atoms with Crippen LogP contribution >= 0.6 is 15.9 Å². The Morgan fingerprint density at radius 3 is 2.85 bits per heavy atom. The topological polar surface area (TPSA) is 49.4 Å². The Morgan fingerprint density at radius 1 is 1.62 bits per heavy atom. The molecule has 1 unspecified atom stereocenters. The Hall–Kier alpha value is -0.300. The molecule has 72 valence electrons. The molecule has 0 saturated carbocycles. The van der Waals surface area contributed by atoms with E-state index < -0.39 is 17.2 Å². The number of rotatable bonds is 3. The lowest BCUT2D eigenvalue weighted by molar-refractivity contribution is 0.291. The average molecular weight is 268 g/mol. The van der Waals surface area contributed by atoms with Gasteiger partial charge < -0.3 is 4.55 Å². The van der Waals surface area contributed by atoms with Gasteiger partial charge in [0.1, 0.15) is 5.82 Å². The molecule has 3 nitrogen and oxygen atoms in total. The molecule has 6 heteroatoms. The summed E-state index contributed by atoms with van der Waals surface area (Å²) in [6, 6.07) is 4.14. The molecule has 0 aliphatic heterocycles. The third kappa shape index (κ3) is 3.51. The van der Waals surface area contributed by atoms with Crippen LogP contribution in [0, 0.1) is 5.82 Å². The number of hydrogen-bond donors (Lipinski definition) is 0. The SMILES string of the molecule is O=S([O-])OCc1ccc(F)c(Br)c1. The fraction of sp³-hybridized carbons (Fsp3) is 0.143.